The van der Waals surface area contributed by atoms with Gasteiger partial charge in [-0.3, -0.25) is 0 Å². The van der Waals surface area contributed by atoms with Gasteiger partial charge in [-0.15, -0.1) is 0 Å². The molecule has 0 spiro atoms. The number of nitrogens with zero attached hydrogens (tertiary/aromatic N) is 2. The first-order valence-corrected chi connectivity index (χ1v) is 5.59. The molecule has 0 saturated heterocycles. The van der Waals surface area contributed by atoms with Crippen molar-refractivity contribution in [1.29, 1.82) is 0 Å². The first-order valence-electron chi connectivity index (χ1n) is 4.80. The number of hydrogen-bond donors (Lipinski definition) is 2. The molecule has 84 valence electrons. The summed E-state index contributed by atoms with van der Waals surface area (Å²) in [5.41, 5.74) is 7.44. The van der Waals surface area contributed by atoms with Crippen LogP contribution in [0.2, 0.25) is 0 Å². The Labute approximate surface area is 101 Å². The molecule has 5 nitrogen and oxygen atoms in total. The van der Waals surface area contributed by atoms with Crippen LogP contribution in [0.15, 0.2) is 33.6 Å². The molecule has 0 radical (unpaired) electrons. The van der Waals surface area contributed by atoms with Crippen molar-refractivity contribution >= 4 is 27.3 Å². The van der Waals surface area contributed by atoms with E-state index in [1.165, 1.54) is 6.39 Å². The lowest BCUT2D eigenvalue weighted by Crippen LogP contribution is -2.07. The first kappa shape index (κ1) is 10.9. The predicted octanol–water partition coefficient (Wildman–Crippen LogP) is 2.07. The van der Waals surface area contributed by atoms with E-state index in [1.807, 2.05) is 18.2 Å². The van der Waals surface area contributed by atoms with Crippen LogP contribution in [0.25, 0.3) is 0 Å². The zero-order chi connectivity index (χ0) is 11.4. The van der Waals surface area contributed by atoms with Crippen LogP contribution in [0.5, 0.6) is 0 Å². The first-order chi connectivity index (χ1) is 7.75. The molecule has 3 N–H and O–H groups in total. The van der Waals surface area contributed by atoms with Crippen LogP contribution < -0.4 is 11.1 Å². The Morgan fingerprint density at radius 2 is 2.31 bits per heavy atom. The lowest BCUT2D eigenvalue weighted by atomic mass is 10.2. The highest BCUT2D eigenvalue weighted by Crippen LogP contribution is 2.22. The number of anilines is 2. The quantitative estimate of drug-likeness (QED) is 0.840. The molecule has 1 aromatic heterocycles. The van der Waals surface area contributed by atoms with Crippen molar-refractivity contribution in [3.63, 3.8) is 0 Å². The predicted molar refractivity (Wildman–Crippen MR) is 65.0 cm³/mol. The van der Waals surface area contributed by atoms with Gasteiger partial charge in [-0.25, -0.2) is 0 Å². The average Bonchev–Trinajstić information content (AvgIpc) is 2.76. The van der Waals surface area contributed by atoms with Crippen molar-refractivity contribution < 1.29 is 4.52 Å². The lowest BCUT2D eigenvalue weighted by molar-refractivity contribution is 0.410. The second-order valence-electron chi connectivity index (χ2n) is 3.26. The molecule has 0 aliphatic heterocycles. The Bertz CT molecular complexity index is 458. The van der Waals surface area contributed by atoms with Gasteiger partial charge in [0.25, 0.3) is 0 Å². The molecule has 0 fully saturated rings. The molecular formula is C10H11BrN4O. The summed E-state index contributed by atoms with van der Waals surface area (Å²) >= 11 is 3.39. The van der Waals surface area contributed by atoms with Gasteiger partial charge in [0.2, 0.25) is 6.39 Å². The highest BCUT2D eigenvalue weighted by atomic mass is 79.9. The minimum atomic E-state index is 0.682. The van der Waals surface area contributed by atoms with Crippen molar-refractivity contribution in [2.75, 3.05) is 17.6 Å². The number of aromatic nitrogens is 2. The van der Waals surface area contributed by atoms with Gasteiger partial charge < -0.3 is 15.6 Å². The Morgan fingerprint density at radius 3 is 3.06 bits per heavy atom. The maximum absolute atomic E-state index is 5.82. The second-order valence-corrected chi connectivity index (χ2v) is 4.17. The number of benzene rings is 1. The molecule has 2 rings (SSSR count). The van der Waals surface area contributed by atoms with Crippen molar-refractivity contribution in [3.8, 4) is 0 Å². The molecule has 6 heteroatoms. The molecule has 0 saturated carbocycles. The monoisotopic (exact) mass is 282 g/mol. The molecule has 1 aromatic carbocycles. The summed E-state index contributed by atoms with van der Waals surface area (Å²) in [6.07, 6.45) is 2.02. The zero-order valence-electron chi connectivity index (χ0n) is 8.48. The number of rotatable bonds is 4. The van der Waals surface area contributed by atoms with Gasteiger partial charge >= 0.3 is 0 Å². The Balaban J connectivity index is 1.92. The molecular weight excluding hydrogens is 272 g/mol. The number of halogens is 1. The van der Waals surface area contributed by atoms with Gasteiger partial charge in [-0.2, -0.15) is 4.98 Å². The number of nitrogens with two attached hydrogens (primary N) is 1. The zero-order valence-corrected chi connectivity index (χ0v) is 10.1. The highest BCUT2D eigenvalue weighted by molar-refractivity contribution is 9.10. The van der Waals surface area contributed by atoms with Crippen LogP contribution in [0.3, 0.4) is 0 Å². The lowest BCUT2D eigenvalue weighted by Gasteiger charge is -2.08. The smallest absolute Gasteiger partial charge is 0.213 e. The molecule has 2 aromatic rings. The van der Waals surface area contributed by atoms with E-state index in [9.17, 15) is 0 Å². The number of hydrogen-bond acceptors (Lipinski definition) is 5. The maximum Gasteiger partial charge on any atom is 0.213 e. The topological polar surface area (TPSA) is 77.0 Å². The third-order valence-electron chi connectivity index (χ3n) is 2.09. The van der Waals surface area contributed by atoms with Gasteiger partial charge in [-0.1, -0.05) is 21.1 Å². The molecule has 0 aliphatic carbocycles. The molecule has 16 heavy (non-hydrogen) atoms. The van der Waals surface area contributed by atoms with E-state index in [0.29, 0.717) is 18.8 Å². The molecule has 0 aliphatic rings. The third kappa shape index (κ3) is 2.73. The molecule has 0 amide bonds. The van der Waals surface area contributed by atoms with Gasteiger partial charge in [0.05, 0.1) is 11.4 Å². The Morgan fingerprint density at radius 1 is 1.44 bits per heavy atom. The average molecular weight is 283 g/mol. The van der Waals surface area contributed by atoms with Crippen LogP contribution in [0, 0.1) is 0 Å². The van der Waals surface area contributed by atoms with Crippen molar-refractivity contribution in [2.45, 2.75) is 6.42 Å². The van der Waals surface area contributed by atoms with E-state index in [-0.39, 0.29) is 0 Å². The number of nitrogen functional groups attached to an aromatic ring is 1. The summed E-state index contributed by atoms with van der Waals surface area (Å²) < 4.78 is 5.63. The van der Waals surface area contributed by atoms with Crippen LogP contribution in [-0.2, 0) is 6.42 Å². The summed E-state index contributed by atoms with van der Waals surface area (Å²) in [5, 5.41) is 6.94. The fourth-order valence-corrected chi connectivity index (χ4v) is 1.65. The molecule has 1 heterocycles. The van der Waals surface area contributed by atoms with Crippen molar-refractivity contribution in [2.24, 2.45) is 0 Å². The Kier molecular flexibility index (Phi) is 3.40. The molecule has 0 atom stereocenters. The van der Waals surface area contributed by atoms with Gasteiger partial charge in [0.1, 0.15) is 0 Å². The summed E-state index contributed by atoms with van der Waals surface area (Å²) in [6, 6.07) is 5.69. The second kappa shape index (κ2) is 4.98. The fourth-order valence-electron chi connectivity index (χ4n) is 1.29. The van der Waals surface area contributed by atoms with E-state index in [0.717, 1.165) is 15.8 Å². The fraction of sp³-hybridized carbons (Fsp3) is 0.200. The van der Waals surface area contributed by atoms with Crippen LogP contribution in [-0.4, -0.2) is 16.7 Å². The normalized spacial score (nSPS) is 10.3. The largest absolute Gasteiger partial charge is 0.397 e. The third-order valence-corrected chi connectivity index (χ3v) is 2.58. The number of nitrogens with one attached hydrogen (secondary N) is 1. The minimum absolute atomic E-state index is 0.682. The standard InChI is InChI=1S/C10H11BrN4O/c11-7-1-2-8(12)9(5-7)13-4-3-10-14-6-16-15-10/h1-2,5-6,13H,3-4,12H2. The van der Waals surface area contributed by atoms with E-state index < -0.39 is 0 Å². The van der Waals surface area contributed by atoms with Crippen molar-refractivity contribution in [1.82, 2.24) is 10.1 Å². The summed E-state index contributed by atoms with van der Waals surface area (Å²) in [4.78, 5) is 3.93. The van der Waals surface area contributed by atoms with Crippen molar-refractivity contribution in [3.05, 3.63) is 34.9 Å². The van der Waals surface area contributed by atoms with Gasteiger partial charge in [0, 0.05) is 17.4 Å². The van der Waals surface area contributed by atoms with Crippen LogP contribution in [0.1, 0.15) is 5.82 Å². The van der Waals surface area contributed by atoms with Gasteiger partial charge in [0.15, 0.2) is 5.82 Å². The highest BCUT2D eigenvalue weighted by Gasteiger charge is 2.01. The van der Waals surface area contributed by atoms with E-state index in [1.54, 1.807) is 0 Å². The SMILES string of the molecule is Nc1ccc(Br)cc1NCCc1ncon1. The van der Waals surface area contributed by atoms with E-state index in [2.05, 4.69) is 35.9 Å². The summed E-state index contributed by atoms with van der Waals surface area (Å²) in [7, 11) is 0. The Hall–Kier alpha value is -1.56. The van der Waals surface area contributed by atoms with Crippen LogP contribution in [0.4, 0.5) is 11.4 Å². The maximum atomic E-state index is 5.82. The molecule has 0 unspecified atom stereocenters. The van der Waals surface area contributed by atoms with Gasteiger partial charge in [-0.05, 0) is 18.2 Å². The van der Waals surface area contributed by atoms with E-state index in [4.69, 9.17) is 5.73 Å². The minimum Gasteiger partial charge on any atom is -0.397 e. The molecule has 0 bridgehead atoms. The van der Waals surface area contributed by atoms with Crippen LogP contribution >= 0.6 is 15.9 Å². The summed E-state index contributed by atoms with van der Waals surface area (Å²) in [5.74, 6) is 0.682. The summed E-state index contributed by atoms with van der Waals surface area (Å²) in [6.45, 7) is 0.709. The van der Waals surface area contributed by atoms with E-state index >= 15 is 0 Å².